The van der Waals surface area contributed by atoms with Crippen molar-refractivity contribution in [3.8, 4) is 22.8 Å². The van der Waals surface area contributed by atoms with Gasteiger partial charge in [-0.25, -0.2) is 0 Å². The molecule has 160 valence electrons. The van der Waals surface area contributed by atoms with Gasteiger partial charge in [0.25, 0.3) is 0 Å². The van der Waals surface area contributed by atoms with Gasteiger partial charge in [-0.3, -0.25) is 9.59 Å². The highest BCUT2D eigenvalue weighted by Gasteiger charge is 2.37. The number of esters is 1. The van der Waals surface area contributed by atoms with Gasteiger partial charge >= 0.3 is 5.97 Å². The van der Waals surface area contributed by atoms with E-state index in [2.05, 4.69) is 5.16 Å². The van der Waals surface area contributed by atoms with Gasteiger partial charge in [0, 0.05) is 24.6 Å². The number of aromatic nitrogens is 1. The van der Waals surface area contributed by atoms with Gasteiger partial charge in [-0.1, -0.05) is 29.4 Å². The zero-order chi connectivity index (χ0) is 21.8. The molecule has 0 bridgehead atoms. The molecule has 1 unspecified atom stereocenters. The molecule has 8 nitrogen and oxygen atoms in total. The summed E-state index contributed by atoms with van der Waals surface area (Å²) < 4.78 is 21.3. The fourth-order valence-electron chi connectivity index (χ4n) is 3.51. The smallest absolute Gasteiger partial charge is 0.311 e. The molecule has 0 N–H and O–H groups in total. The predicted molar refractivity (Wildman–Crippen MR) is 112 cm³/mol. The van der Waals surface area contributed by atoms with Gasteiger partial charge in [0.1, 0.15) is 23.8 Å². The van der Waals surface area contributed by atoms with E-state index in [1.165, 1.54) is 0 Å². The van der Waals surface area contributed by atoms with Gasteiger partial charge in [0.2, 0.25) is 5.91 Å². The Morgan fingerprint density at radius 2 is 1.97 bits per heavy atom. The first-order valence-corrected chi connectivity index (χ1v) is 9.79. The molecule has 1 amide bonds. The third-order valence-electron chi connectivity index (χ3n) is 5.11. The third kappa shape index (κ3) is 4.37. The number of carbonyl (C=O) groups excluding carboxylic acids is 2. The average Bonchev–Trinajstić information content (AvgIpc) is 3.44. The van der Waals surface area contributed by atoms with Crippen LogP contribution in [-0.2, 0) is 20.9 Å². The summed E-state index contributed by atoms with van der Waals surface area (Å²) >= 11 is 0. The number of methoxy groups -OCH3 is 2. The number of carbonyl (C=O) groups is 2. The highest BCUT2D eigenvalue weighted by atomic mass is 16.5. The van der Waals surface area contributed by atoms with Crippen LogP contribution < -0.4 is 14.4 Å². The maximum atomic E-state index is 12.5. The number of nitrogens with zero attached hydrogens (tertiary/aromatic N) is 2. The first-order chi connectivity index (χ1) is 15.1. The fraction of sp³-hybridized carbons (Fsp3) is 0.261. The number of para-hydroxylation sites is 2. The number of hydrogen-bond donors (Lipinski definition) is 0. The van der Waals surface area contributed by atoms with E-state index in [1.807, 2.05) is 36.4 Å². The van der Waals surface area contributed by atoms with Crippen LogP contribution in [0.3, 0.4) is 0 Å². The third-order valence-corrected chi connectivity index (χ3v) is 5.11. The number of ether oxygens (including phenoxy) is 3. The van der Waals surface area contributed by atoms with Crippen molar-refractivity contribution in [3.63, 3.8) is 0 Å². The average molecular weight is 422 g/mol. The highest BCUT2D eigenvalue weighted by Crippen LogP contribution is 2.33. The number of anilines is 1. The molecule has 3 aromatic rings. The lowest BCUT2D eigenvalue weighted by atomic mass is 10.1. The number of amides is 1. The number of hydrogen-bond acceptors (Lipinski definition) is 7. The van der Waals surface area contributed by atoms with Crippen molar-refractivity contribution in [2.45, 2.75) is 13.0 Å². The maximum absolute atomic E-state index is 12.5. The number of rotatable bonds is 7. The summed E-state index contributed by atoms with van der Waals surface area (Å²) in [4.78, 5) is 26.6. The van der Waals surface area contributed by atoms with Crippen LogP contribution in [0.2, 0.25) is 0 Å². The van der Waals surface area contributed by atoms with E-state index in [-0.39, 0.29) is 25.5 Å². The van der Waals surface area contributed by atoms with Gasteiger partial charge in [0.15, 0.2) is 5.76 Å². The molecule has 8 heteroatoms. The van der Waals surface area contributed by atoms with Crippen LogP contribution in [0.15, 0.2) is 59.1 Å². The van der Waals surface area contributed by atoms with E-state index in [1.54, 1.807) is 37.3 Å². The van der Waals surface area contributed by atoms with Crippen LogP contribution in [0.5, 0.6) is 11.5 Å². The zero-order valence-electron chi connectivity index (χ0n) is 17.2. The Morgan fingerprint density at radius 1 is 1.13 bits per heavy atom. The molecule has 0 saturated carbocycles. The normalized spacial score (nSPS) is 15.7. The van der Waals surface area contributed by atoms with E-state index >= 15 is 0 Å². The lowest BCUT2D eigenvalue weighted by Gasteiger charge is -2.19. The van der Waals surface area contributed by atoms with Crippen LogP contribution >= 0.6 is 0 Å². The number of benzene rings is 2. The molecule has 1 aliphatic rings. The second-order valence-electron chi connectivity index (χ2n) is 7.10. The Labute approximate surface area is 179 Å². The van der Waals surface area contributed by atoms with Crippen molar-refractivity contribution < 1.29 is 28.3 Å². The van der Waals surface area contributed by atoms with Crippen molar-refractivity contribution in [1.29, 1.82) is 0 Å². The van der Waals surface area contributed by atoms with Crippen LogP contribution in [0, 0.1) is 5.92 Å². The van der Waals surface area contributed by atoms with Gasteiger partial charge in [-0.15, -0.1) is 0 Å². The largest absolute Gasteiger partial charge is 0.497 e. The van der Waals surface area contributed by atoms with E-state index in [0.717, 1.165) is 5.56 Å². The van der Waals surface area contributed by atoms with E-state index in [0.29, 0.717) is 28.6 Å². The summed E-state index contributed by atoms with van der Waals surface area (Å²) in [5, 5.41) is 3.96. The Morgan fingerprint density at radius 3 is 2.77 bits per heavy atom. The monoisotopic (exact) mass is 422 g/mol. The minimum Gasteiger partial charge on any atom is -0.497 e. The van der Waals surface area contributed by atoms with Crippen molar-refractivity contribution in [2.75, 3.05) is 25.7 Å². The Bertz CT molecular complexity index is 1090. The molecular formula is C23H22N2O6. The molecule has 2 heterocycles. The molecule has 0 spiro atoms. The lowest BCUT2D eigenvalue weighted by molar-refractivity contribution is -0.149. The Kier molecular flexibility index (Phi) is 5.88. The minimum atomic E-state index is -0.554. The summed E-state index contributed by atoms with van der Waals surface area (Å²) in [5.74, 6) is 0.681. The van der Waals surface area contributed by atoms with Gasteiger partial charge in [-0.2, -0.15) is 0 Å². The molecular weight excluding hydrogens is 400 g/mol. The quantitative estimate of drug-likeness (QED) is 0.539. The molecule has 0 radical (unpaired) electrons. The summed E-state index contributed by atoms with van der Waals surface area (Å²) in [7, 11) is 3.13. The van der Waals surface area contributed by atoms with Gasteiger partial charge < -0.3 is 23.6 Å². The summed E-state index contributed by atoms with van der Waals surface area (Å²) in [5.41, 5.74) is 1.93. The Balaban J connectivity index is 1.37. The Hall–Kier alpha value is -3.81. The van der Waals surface area contributed by atoms with Crippen LogP contribution in [0.25, 0.3) is 11.3 Å². The molecule has 1 fully saturated rings. The van der Waals surface area contributed by atoms with Gasteiger partial charge in [-0.05, 0) is 24.3 Å². The summed E-state index contributed by atoms with van der Waals surface area (Å²) in [6.07, 6.45) is 0.0881. The summed E-state index contributed by atoms with van der Waals surface area (Å²) in [6, 6.07) is 16.3. The van der Waals surface area contributed by atoms with E-state index < -0.39 is 11.9 Å². The van der Waals surface area contributed by atoms with Gasteiger partial charge in [0.05, 0.1) is 25.8 Å². The second kappa shape index (κ2) is 8.91. The maximum Gasteiger partial charge on any atom is 0.311 e. The molecule has 1 atom stereocenters. The molecule has 4 rings (SSSR count). The standard InChI is InChI=1S/C23H22N2O6/c1-28-18-7-5-6-15(10-18)21-12-17(24-31-21)14-30-23(27)16-11-22(26)25(13-16)19-8-3-4-9-20(19)29-2/h3-10,12,16H,11,13-14H2,1-2H3. The van der Waals surface area contributed by atoms with Crippen molar-refractivity contribution >= 4 is 17.6 Å². The second-order valence-corrected chi connectivity index (χ2v) is 7.10. The van der Waals surface area contributed by atoms with Crippen LogP contribution in [-0.4, -0.2) is 37.8 Å². The fourth-order valence-corrected chi connectivity index (χ4v) is 3.51. The highest BCUT2D eigenvalue weighted by molar-refractivity contribution is 6.00. The first kappa shape index (κ1) is 20.5. The topological polar surface area (TPSA) is 91.1 Å². The molecule has 31 heavy (non-hydrogen) atoms. The molecule has 2 aromatic carbocycles. The zero-order valence-corrected chi connectivity index (χ0v) is 17.2. The molecule has 1 aliphatic heterocycles. The minimum absolute atomic E-state index is 0.0361. The first-order valence-electron chi connectivity index (χ1n) is 9.79. The van der Waals surface area contributed by atoms with Crippen molar-refractivity contribution in [1.82, 2.24) is 5.16 Å². The molecule has 1 saturated heterocycles. The summed E-state index contributed by atoms with van der Waals surface area (Å²) in [6.45, 7) is 0.206. The molecule has 1 aromatic heterocycles. The van der Waals surface area contributed by atoms with E-state index in [9.17, 15) is 9.59 Å². The van der Waals surface area contributed by atoms with Crippen molar-refractivity contribution in [3.05, 3.63) is 60.3 Å². The molecule has 0 aliphatic carbocycles. The lowest BCUT2D eigenvalue weighted by Crippen LogP contribution is -2.26. The van der Waals surface area contributed by atoms with Crippen molar-refractivity contribution in [2.24, 2.45) is 5.92 Å². The van der Waals surface area contributed by atoms with Crippen LogP contribution in [0.1, 0.15) is 12.1 Å². The predicted octanol–water partition coefficient (Wildman–Crippen LogP) is 3.46. The van der Waals surface area contributed by atoms with E-state index in [4.69, 9.17) is 18.7 Å². The SMILES string of the molecule is COc1cccc(-c2cc(COC(=O)C3CC(=O)N(c4ccccc4OC)C3)no2)c1. The van der Waals surface area contributed by atoms with Crippen LogP contribution in [0.4, 0.5) is 5.69 Å².